The Morgan fingerprint density at radius 3 is 1.95 bits per heavy atom. The van der Waals surface area contributed by atoms with Crippen molar-refractivity contribution in [3.05, 3.63) is 11.6 Å². The fraction of sp³-hybridized carbons (Fsp3) is 0.846. The zero-order valence-electron chi connectivity index (χ0n) is 12.3. The Labute approximate surface area is 128 Å². The van der Waals surface area contributed by atoms with Gasteiger partial charge in [-0.1, -0.05) is 22.0 Å². The Bertz CT molecular complexity index is 299. The molecule has 7 heteroatoms. The Kier molecular flexibility index (Phi) is 8.86. The van der Waals surface area contributed by atoms with Gasteiger partial charge in [-0.2, -0.15) is 0 Å². The third kappa shape index (κ3) is 5.07. The molecule has 0 aromatic heterocycles. The number of ether oxygens (including phenoxy) is 6. The monoisotopic (exact) mass is 354 g/mol. The van der Waals surface area contributed by atoms with E-state index in [1.165, 1.54) is 0 Å². The molecule has 0 N–H and O–H groups in total. The summed E-state index contributed by atoms with van der Waals surface area (Å²) >= 11 is 3.59. The molecule has 0 unspecified atom stereocenters. The molecule has 0 bridgehead atoms. The summed E-state index contributed by atoms with van der Waals surface area (Å²) < 4.78 is 32.1. The molecule has 0 radical (unpaired) electrons. The van der Waals surface area contributed by atoms with E-state index < -0.39 is 0 Å². The van der Waals surface area contributed by atoms with E-state index in [-0.39, 0.29) is 43.5 Å². The molecular weight excluding hydrogens is 332 g/mol. The third-order valence-electron chi connectivity index (χ3n) is 2.93. The predicted octanol–water partition coefficient (Wildman–Crippen LogP) is 1.68. The molecule has 1 aliphatic rings. The predicted molar refractivity (Wildman–Crippen MR) is 76.7 cm³/mol. The number of halogens is 1. The van der Waals surface area contributed by atoms with Gasteiger partial charge in [-0.3, -0.25) is 0 Å². The van der Waals surface area contributed by atoms with Crippen LogP contribution in [0.1, 0.15) is 6.92 Å². The van der Waals surface area contributed by atoms with E-state index >= 15 is 0 Å². The lowest BCUT2D eigenvalue weighted by atomic mass is 9.92. The number of rotatable bonds is 9. The second-order valence-corrected chi connectivity index (χ2v) is 5.48. The number of alkyl halides is 1. The maximum absolute atomic E-state index is 5.74. The van der Waals surface area contributed by atoms with Gasteiger partial charge >= 0.3 is 0 Å². The lowest BCUT2D eigenvalue weighted by Crippen LogP contribution is -2.50. The van der Waals surface area contributed by atoms with Gasteiger partial charge in [0.25, 0.3) is 0 Å². The van der Waals surface area contributed by atoms with E-state index in [9.17, 15) is 0 Å². The molecule has 6 nitrogen and oxygen atoms in total. The SMILES string of the molecule is COCO[C@@H]1[C@@H](OCOC)[C@@H](OCOC)C(C)=C[C@@H]1Br. The van der Waals surface area contributed by atoms with Gasteiger partial charge in [0.1, 0.15) is 38.7 Å². The molecule has 4 atom stereocenters. The minimum Gasteiger partial charge on any atom is -0.359 e. The second kappa shape index (κ2) is 9.83. The smallest absolute Gasteiger partial charge is 0.147 e. The molecule has 0 aliphatic heterocycles. The first kappa shape index (κ1) is 18.0. The van der Waals surface area contributed by atoms with Crippen LogP contribution in [0, 0.1) is 0 Å². The molecule has 0 aromatic rings. The molecule has 0 heterocycles. The van der Waals surface area contributed by atoms with Crippen LogP contribution in [0.2, 0.25) is 0 Å². The van der Waals surface area contributed by atoms with E-state index in [1.54, 1.807) is 21.3 Å². The Morgan fingerprint density at radius 2 is 1.40 bits per heavy atom. The zero-order valence-corrected chi connectivity index (χ0v) is 13.9. The first-order chi connectivity index (χ1) is 9.65. The quantitative estimate of drug-likeness (QED) is 0.356. The molecule has 0 aromatic carbocycles. The molecule has 0 saturated carbocycles. The summed E-state index contributed by atoms with van der Waals surface area (Å²) in [6.45, 7) is 2.53. The maximum Gasteiger partial charge on any atom is 0.147 e. The van der Waals surface area contributed by atoms with Crippen molar-refractivity contribution in [1.82, 2.24) is 0 Å². The van der Waals surface area contributed by atoms with Gasteiger partial charge in [0.05, 0.1) is 4.83 Å². The van der Waals surface area contributed by atoms with E-state index in [4.69, 9.17) is 28.4 Å². The van der Waals surface area contributed by atoms with Gasteiger partial charge in [-0.25, -0.2) is 0 Å². The van der Waals surface area contributed by atoms with Crippen LogP contribution in [0.4, 0.5) is 0 Å². The van der Waals surface area contributed by atoms with Gasteiger partial charge in [0.2, 0.25) is 0 Å². The summed E-state index contributed by atoms with van der Waals surface area (Å²) in [4.78, 5) is 0.0156. The molecule has 0 spiro atoms. The number of hydrogen-bond acceptors (Lipinski definition) is 6. The van der Waals surface area contributed by atoms with Crippen LogP contribution < -0.4 is 0 Å². The van der Waals surface area contributed by atoms with Crippen LogP contribution in [0.3, 0.4) is 0 Å². The van der Waals surface area contributed by atoms with Crippen molar-refractivity contribution in [3.8, 4) is 0 Å². The topological polar surface area (TPSA) is 55.4 Å². The van der Waals surface area contributed by atoms with Gasteiger partial charge in [-0.05, 0) is 12.5 Å². The third-order valence-corrected chi connectivity index (χ3v) is 3.71. The highest BCUT2D eigenvalue weighted by molar-refractivity contribution is 9.09. The Hall–Kier alpha value is -0.0200. The maximum atomic E-state index is 5.74. The molecule has 118 valence electrons. The van der Waals surface area contributed by atoms with Crippen molar-refractivity contribution in [2.45, 2.75) is 30.1 Å². The average Bonchev–Trinajstić information content (AvgIpc) is 2.43. The lowest BCUT2D eigenvalue weighted by Gasteiger charge is -2.38. The van der Waals surface area contributed by atoms with Crippen LogP contribution in [0.25, 0.3) is 0 Å². The minimum atomic E-state index is -0.311. The number of methoxy groups -OCH3 is 3. The normalized spacial score (nSPS) is 30.4. The van der Waals surface area contributed by atoms with Gasteiger partial charge < -0.3 is 28.4 Å². The molecule has 1 aliphatic carbocycles. The van der Waals surface area contributed by atoms with Crippen molar-refractivity contribution in [1.29, 1.82) is 0 Å². The van der Waals surface area contributed by atoms with Crippen molar-refractivity contribution >= 4 is 15.9 Å². The van der Waals surface area contributed by atoms with Crippen LogP contribution in [-0.4, -0.2) is 64.8 Å². The zero-order chi connectivity index (χ0) is 15.0. The molecule has 0 saturated heterocycles. The largest absolute Gasteiger partial charge is 0.359 e. The Balaban J connectivity index is 2.83. The fourth-order valence-electron chi connectivity index (χ4n) is 2.08. The van der Waals surface area contributed by atoms with Gasteiger partial charge in [-0.15, -0.1) is 0 Å². The molecule has 1 rings (SSSR count). The van der Waals surface area contributed by atoms with Crippen molar-refractivity contribution in [2.75, 3.05) is 41.7 Å². The molecule has 20 heavy (non-hydrogen) atoms. The van der Waals surface area contributed by atoms with E-state index in [1.807, 2.05) is 13.0 Å². The van der Waals surface area contributed by atoms with Crippen molar-refractivity contribution in [3.63, 3.8) is 0 Å². The van der Waals surface area contributed by atoms with Crippen LogP contribution in [0.15, 0.2) is 11.6 Å². The fourth-order valence-corrected chi connectivity index (χ4v) is 2.95. The lowest BCUT2D eigenvalue weighted by molar-refractivity contribution is -0.200. The Morgan fingerprint density at radius 1 is 0.900 bits per heavy atom. The highest BCUT2D eigenvalue weighted by atomic mass is 79.9. The summed E-state index contributed by atoms with van der Waals surface area (Å²) in [5, 5.41) is 0. The first-order valence-corrected chi connectivity index (χ1v) is 7.21. The summed E-state index contributed by atoms with van der Waals surface area (Å²) in [6, 6.07) is 0. The summed E-state index contributed by atoms with van der Waals surface area (Å²) in [5.74, 6) is 0. The summed E-state index contributed by atoms with van der Waals surface area (Å²) in [7, 11) is 4.74. The summed E-state index contributed by atoms with van der Waals surface area (Å²) in [5.41, 5.74) is 1.06. The molecule has 0 amide bonds. The molecular formula is C13H23BrO6. The van der Waals surface area contributed by atoms with Gasteiger partial charge in [0, 0.05) is 21.3 Å². The van der Waals surface area contributed by atoms with Crippen LogP contribution in [-0.2, 0) is 28.4 Å². The van der Waals surface area contributed by atoms with Crippen molar-refractivity contribution in [2.24, 2.45) is 0 Å². The first-order valence-electron chi connectivity index (χ1n) is 6.29. The van der Waals surface area contributed by atoms with Crippen LogP contribution in [0.5, 0.6) is 0 Å². The van der Waals surface area contributed by atoms with E-state index in [2.05, 4.69) is 15.9 Å². The van der Waals surface area contributed by atoms with E-state index in [0.717, 1.165) is 5.57 Å². The van der Waals surface area contributed by atoms with Crippen LogP contribution >= 0.6 is 15.9 Å². The highest BCUT2D eigenvalue weighted by Crippen LogP contribution is 2.31. The molecule has 0 fully saturated rings. The average molecular weight is 355 g/mol. The minimum absolute atomic E-state index is 0.0156. The van der Waals surface area contributed by atoms with Gasteiger partial charge in [0.15, 0.2) is 0 Å². The van der Waals surface area contributed by atoms with E-state index in [0.29, 0.717) is 0 Å². The second-order valence-electron chi connectivity index (χ2n) is 4.42. The highest BCUT2D eigenvalue weighted by Gasteiger charge is 2.40. The standard InChI is InChI=1S/C13H23BrO6/c1-9-5-10(14)12(19-7-16-3)13(20-8-17-4)11(9)18-6-15-2/h5,10-13H,6-8H2,1-4H3/t10-,11-,12-,13-/m0/s1. The van der Waals surface area contributed by atoms with Crippen molar-refractivity contribution < 1.29 is 28.4 Å². The number of hydrogen-bond donors (Lipinski definition) is 0. The summed E-state index contributed by atoms with van der Waals surface area (Å²) in [6.07, 6.45) is 1.25.